The number of amides is 2. The van der Waals surface area contributed by atoms with E-state index in [9.17, 15) is 13.2 Å². The molecule has 2 heterocycles. The Labute approximate surface area is 183 Å². The average Bonchev–Trinajstić information content (AvgIpc) is 2.78. The van der Waals surface area contributed by atoms with Crippen LogP contribution in [-0.2, 0) is 10.0 Å². The lowest BCUT2D eigenvalue weighted by atomic mass is 10.2. The fourth-order valence-corrected chi connectivity index (χ4v) is 5.63. The van der Waals surface area contributed by atoms with Crippen molar-refractivity contribution >= 4 is 27.4 Å². The largest absolute Gasteiger partial charge is 0.495 e. The zero-order chi connectivity index (χ0) is 21.8. The number of unbranched alkanes of at least 4 members (excludes halogenated alkanes) is 1. The molecule has 0 spiro atoms. The molecule has 0 radical (unpaired) electrons. The third-order valence-corrected chi connectivity index (χ3v) is 7.65. The number of anilines is 2. The first kappa shape index (κ1) is 21.5. The predicted octanol–water partition coefficient (Wildman–Crippen LogP) is 2.83. The lowest BCUT2D eigenvalue weighted by Gasteiger charge is -2.36. The fourth-order valence-electron chi connectivity index (χ4n) is 4.12. The molecule has 1 fully saturated rings. The molecule has 9 heteroatoms. The Bertz CT molecular complexity index is 1040. The highest BCUT2D eigenvalue weighted by Crippen LogP contribution is 2.30. The van der Waals surface area contributed by atoms with Crippen LogP contribution < -0.4 is 15.0 Å². The van der Waals surface area contributed by atoms with E-state index in [1.165, 1.54) is 6.07 Å². The number of urea groups is 1. The van der Waals surface area contributed by atoms with Gasteiger partial charge in [0.2, 0.25) is 0 Å². The maximum atomic E-state index is 12.8. The predicted molar refractivity (Wildman–Crippen MR) is 120 cm³/mol. The van der Waals surface area contributed by atoms with E-state index < -0.39 is 16.1 Å². The monoisotopic (exact) mass is 444 g/mol. The number of para-hydroxylation sites is 3. The lowest BCUT2D eigenvalue weighted by molar-refractivity contribution is 0.230. The van der Waals surface area contributed by atoms with Crippen molar-refractivity contribution in [3.8, 4) is 5.75 Å². The second-order valence-electron chi connectivity index (χ2n) is 7.71. The quantitative estimate of drug-likeness (QED) is 0.662. The van der Waals surface area contributed by atoms with Gasteiger partial charge in [0.05, 0.1) is 18.5 Å². The number of nitrogens with zero attached hydrogens (tertiary/aromatic N) is 3. The van der Waals surface area contributed by atoms with E-state index in [1.54, 1.807) is 25.3 Å². The molecule has 2 amide bonds. The molecule has 1 saturated heterocycles. The Balaban J connectivity index is 1.25. The van der Waals surface area contributed by atoms with Crippen LogP contribution in [0.5, 0.6) is 5.75 Å². The van der Waals surface area contributed by atoms with E-state index in [-0.39, 0.29) is 11.4 Å². The molecular formula is C22H28N4O4S. The number of rotatable bonds is 7. The number of carbonyl (C=O) groups is 1. The minimum Gasteiger partial charge on any atom is -0.495 e. The number of piperazine rings is 1. The normalized spacial score (nSPS) is 18.4. The van der Waals surface area contributed by atoms with Crippen molar-refractivity contribution in [2.45, 2.75) is 17.7 Å². The van der Waals surface area contributed by atoms with E-state index in [2.05, 4.69) is 21.2 Å². The van der Waals surface area contributed by atoms with E-state index in [1.807, 2.05) is 18.2 Å². The number of nitrogens with one attached hydrogen (secondary N) is 1. The summed E-state index contributed by atoms with van der Waals surface area (Å²) >= 11 is 0. The number of fused-ring (bicyclic) bond motifs is 1. The summed E-state index contributed by atoms with van der Waals surface area (Å²) in [6.07, 6.45) is 1.46. The van der Waals surface area contributed by atoms with Gasteiger partial charge >= 0.3 is 6.03 Å². The summed E-state index contributed by atoms with van der Waals surface area (Å²) in [6, 6.07) is 14.0. The second kappa shape index (κ2) is 9.15. The van der Waals surface area contributed by atoms with Crippen molar-refractivity contribution < 1.29 is 17.9 Å². The molecule has 0 saturated carbocycles. The molecule has 0 aromatic heterocycles. The number of hydrogen-bond donors (Lipinski definition) is 1. The molecule has 2 aliphatic rings. The molecule has 1 N–H and O–H groups in total. The van der Waals surface area contributed by atoms with Crippen LogP contribution in [0.25, 0.3) is 0 Å². The third-order valence-electron chi connectivity index (χ3n) is 5.81. The molecule has 8 nitrogen and oxygen atoms in total. The minimum atomic E-state index is -3.79. The molecule has 166 valence electrons. The van der Waals surface area contributed by atoms with Gasteiger partial charge in [0.15, 0.2) is 0 Å². The van der Waals surface area contributed by atoms with Gasteiger partial charge < -0.3 is 15.0 Å². The van der Waals surface area contributed by atoms with Crippen LogP contribution in [0.1, 0.15) is 12.8 Å². The second-order valence-corrected chi connectivity index (χ2v) is 9.54. The van der Waals surface area contributed by atoms with Gasteiger partial charge in [-0.2, -0.15) is 0 Å². The SMILES string of the molecule is COc1ccccc1N1CCN(CCCCN2C(=O)Nc3ccccc3S2(=O)=O)CC1. The zero-order valence-electron chi connectivity index (χ0n) is 17.7. The summed E-state index contributed by atoms with van der Waals surface area (Å²) < 4.78 is 32.0. The van der Waals surface area contributed by atoms with Gasteiger partial charge in [-0.1, -0.05) is 24.3 Å². The van der Waals surface area contributed by atoms with Gasteiger partial charge in [-0.25, -0.2) is 17.5 Å². The third kappa shape index (κ3) is 4.47. The summed E-state index contributed by atoms with van der Waals surface area (Å²) in [5.74, 6) is 0.888. The topological polar surface area (TPSA) is 82.2 Å². The fraction of sp³-hybridized carbons (Fsp3) is 0.409. The molecule has 0 atom stereocenters. The highest BCUT2D eigenvalue weighted by Gasteiger charge is 2.35. The number of benzene rings is 2. The number of hydrogen-bond acceptors (Lipinski definition) is 6. The number of ether oxygens (including phenoxy) is 1. The molecule has 0 unspecified atom stereocenters. The van der Waals surface area contributed by atoms with Crippen LogP contribution in [0, 0.1) is 0 Å². The summed E-state index contributed by atoms with van der Waals surface area (Å²) in [7, 11) is -2.10. The molecular weight excluding hydrogens is 416 g/mol. The van der Waals surface area contributed by atoms with Gasteiger partial charge in [-0.15, -0.1) is 0 Å². The first-order valence-electron chi connectivity index (χ1n) is 10.5. The van der Waals surface area contributed by atoms with Crippen molar-refractivity contribution in [3.63, 3.8) is 0 Å². The van der Waals surface area contributed by atoms with E-state index in [4.69, 9.17) is 4.74 Å². The average molecular weight is 445 g/mol. The highest BCUT2D eigenvalue weighted by molar-refractivity contribution is 7.90. The lowest BCUT2D eigenvalue weighted by Crippen LogP contribution is -2.47. The van der Waals surface area contributed by atoms with Crippen LogP contribution in [0.2, 0.25) is 0 Å². The standard InChI is InChI=1S/C22H28N4O4S/c1-30-20-10-4-3-9-19(20)25-16-14-24(15-17-25)12-6-7-13-26-22(27)23-18-8-2-5-11-21(18)31(26,28)29/h2-5,8-11H,6-7,12-17H2,1H3,(H,23,27). The van der Waals surface area contributed by atoms with Crippen molar-refractivity contribution in [2.24, 2.45) is 0 Å². The molecule has 0 aliphatic carbocycles. The van der Waals surface area contributed by atoms with Gasteiger partial charge in [0.25, 0.3) is 10.0 Å². The van der Waals surface area contributed by atoms with Gasteiger partial charge in [0.1, 0.15) is 10.6 Å². The summed E-state index contributed by atoms with van der Waals surface area (Å²) in [5.41, 5.74) is 1.46. The molecule has 4 rings (SSSR count). The van der Waals surface area contributed by atoms with Crippen LogP contribution >= 0.6 is 0 Å². The van der Waals surface area contributed by atoms with Crippen molar-refractivity contribution in [1.82, 2.24) is 9.21 Å². The van der Waals surface area contributed by atoms with Crippen molar-refractivity contribution in [3.05, 3.63) is 48.5 Å². The summed E-state index contributed by atoms with van der Waals surface area (Å²) in [4.78, 5) is 17.2. The minimum absolute atomic E-state index is 0.155. The molecule has 2 aromatic rings. The Kier molecular flexibility index (Phi) is 6.33. The zero-order valence-corrected chi connectivity index (χ0v) is 18.5. The Morgan fingerprint density at radius 3 is 2.39 bits per heavy atom. The molecule has 31 heavy (non-hydrogen) atoms. The molecule has 0 bridgehead atoms. The molecule has 2 aliphatic heterocycles. The summed E-state index contributed by atoms with van der Waals surface area (Å²) in [6.45, 7) is 4.78. The smallest absolute Gasteiger partial charge is 0.335 e. The van der Waals surface area contributed by atoms with Gasteiger partial charge in [-0.05, 0) is 43.7 Å². The van der Waals surface area contributed by atoms with Crippen LogP contribution in [-0.4, -0.2) is 70.0 Å². The van der Waals surface area contributed by atoms with E-state index in [0.29, 0.717) is 12.1 Å². The van der Waals surface area contributed by atoms with Gasteiger partial charge in [0, 0.05) is 32.7 Å². The van der Waals surface area contributed by atoms with E-state index in [0.717, 1.165) is 54.9 Å². The van der Waals surface area contributed by atoms with Crippen LogP contribution in [0.4, 0.5) is 16.2 Å². The van der Waals surface area contributed by atoms with Crippen LogP contribution in [0.15, 0.2) is 53.4 Å². The van der Waals surface area contributed by atoms with E-state index >= 15 is 0 Å². The molecule has 2 aromatic carbocycles. The Morgan fingerprint density at radius 1 is 0.935 bits per heavy atom. The number of carbonyl (C=O) groups excluding carboxylic acids is 1. The van der Waals surface area contributed by atoms with Crippen molar-refractivity contribution in [1.29, 1.82) is 0 Å². The highest BCUT2D eigenvalue weighted by atomic mass is 32.2. The van der Waals surface area contributed by atoms with Crippen LogP contribution in [0.3, 0.4) is 0 Å². The number of methoxy groups -OCH3 is 1. The first-order chi connectivity index (χ1) is 15.0. The maximum Gasteiger partial charge on any atom is 0.335 e. The summed E-state index contributed by atoms with van der Waals surface area (Å²) in [5, 5.41) is 2.67. The first-order valence-corrected chi connectivity index (χ1v) is 12.0. The Morgan fingerprint density at radius 2 is 1.61 bits per heavy atom. The number of sulfonamides is 1. The Hall–Kier alpha value is -2.78. The van der Waals surface area contributed by atoms with Crippen molar-refractivity contribution in [2.75, 3.05) is 56.6 Å². The maximum absolute atomic E-state index is 12.8. The van der Waals surface area contributed by atoms with Gasteiger partial charge in [-0.3, -0.25) is 4.90 Å².